The molecule has 3 nitrogen and oxygen atoms in total. The van der Waals surface area contributed by atoms with Crippen molar-refractivity contribution in [3.8, 4) is 0 Å². The average molecular weight is 217 g/mol. The Hall–Kier alpha value is -1.51. The lowest BCUT2D eigenvalue weighted by atomic mass is 10.2. The van der Waals surface area contributed by atoms with E-state index in [-0.39, 0.29) is 0 Å². The molecule has 0 bridgehead atoms. The summed E-state index contributed by atoms with van der Waals surface area (Å²) in [6, 6.07) is 10.5. The van der Waals surface area contributed by atoms with E-state index >= 15 is 0 Å². The molecule has 2 rings (SSSR count). The van der Waals surface area contributed by atoms with Crippen molar-refractivity contribution in [1.29, 1.82) is 0 Å². The molecule has 1 fully saturated rings. The quantitative estimate of drug-likeness (QED) is 0.611. The van der Waals surface area contributed by atoms with Crippen molar-refractivity contribution in [3.05, 3.63) is 30.3 Å². The van der Waals surface area contributed by atoms with Crippen LogP contribution in [0.4, 0.5) is 5.69 Å². The Morgan fingerprint density at radius 2 is 2.19 bits per heavy atom. The highest BCUT2D eigenvalue weighted by Crippen LogP contribution is 2.20. The van der Waals surface area contributed by atoms with Crippen LogP contribution in [0, 0.1) is 0 Å². The van der Waals surface area contributed by atoms with Gasteiger partial charge in [-0.3, -0.25) is 0 Å². The minimum atomic E-state index is 0.576. The van der Waals surface area contributed by atoms with Crippen LogP contribution in [0.1, 0.15) is 26.2 Å². The minimum Gasteiger partial charge on any atom is -0.369 e. The molecule has 0 radical (unpaired) electrons. The van der Waals surface area contributed by atoms with Crippen molar-refractivity contribution < 1.29 is 0 Å². The van der Waals surface area contributed by atoms with Crippen molar-refractivity contribution in [2.75, 3.05) is 6.54 Å². The Bertz CT molecular complexity index is 359. The van der Waals surface area contributed by atoms with E-state index in [0.717, 1.165) is 18.7 Å². The molecule has 0 spiro atoms. The Balaban J connectivity index is 2.12. The fourth-order valence-electron chi connectivity index (χ4n) is 2.26. The van der Waals surface area contributed by atoms with E-state index in [4.69, 9.17) is 5.73 Å². The van der Waals surface area contributed by atoms with E-state index in [1.807, 2.05) is 30.3 Å². The first kappa shape index (κ1) is 11.0. The summed E-state index contributed by atoms with van der Waals surface area (Å²) in [4.78, 5) is 6.69. The maximum Gasteiger partial charge on any atom is 0.196 e. The van der Waals surface area contributed by atoms with Gasteiger partial charge >= 0.3 is 0 Å². The van der Waals surface area contributed by atoms with E-state index in [0.29, 0.717) is 12.0 Å². The van der Waals surface area contributed by atoms with Gasteiger partial charge in [0, 0.05) is 12.6 Å². The van der Waals surface area contributed by atoms with Gasteiger partial charge in [0.25, 0.3) is 0 Å². The zero-order chi connectivity index (χ0) is 11.4. The molecule has 2 N–H and O–H groups in total. The molecule has 0 amide bonds. The highest BCUT2D eigenvalue weighted by Gasteiger charge is 2.24. The molecule has 86 valence electrons. The maximum absolute atomic E-state index is 6.05. The van der Waals surface area contributed by atoms with Gasteiger partial charge in [0.2, 0.25) is 0 Å². The van der Waals surface area contributed by atoms with Crippen molar-refractivity contribution >= 4 is 11.6 Å². The molecular weight excluding hydrogens is 198 g/mol. The maximum atomic E-state index is 6.05. The predicted molar refractivity (Wildman–Crippen MR) is 67.7 cm³/mol. The van der Waals surface area contributed by atoms with Gasteiger partial charge in [-0.15, -0.1) is 0 Å². The van der Waals surface area contributed by atoms with Gasteiger partial charge in [-0.1, -0.05) is 25.1 Å². The number of rotatable bonds is 2. The first-order chi connectivity index (χ1) is 7.81. The van der Waals surface area contributed by atoms with Gasteiger partial charge in [0.15, 0.2) is 5.96 Å². The van der Waals surface area contributed by atoms with Crippen LogP contribution in [0.25, 0.3) is 0 Å². The zero-order valence-corrected chi connectivity index (χ0v) is 9.76. The molecule has 1 aromatic carbocycles. The number of likely N-dealkylation sites (tertiary alicyclic amines) is 1. The van der Waals surface area contributed by atoms with Crippen molar-refractivity contribution in [2.45, 2.75) is 32.2 Å². The fraction of sp³-hybridized carbons (Fsp3) is 0.462. The summed E-state index contributed by atoms with van der Waals surface area (Å²) < 4.78 is 0. The van der Waals surface area contributed by atoms with Crippen molar-refractivity contribution in [1.82, 2.24) is 4.90 Å². The first-order valence-corrected chi connectivity index (χ1v) is 5.97. The molecule has 1 aliphatic heterocycles. The van der Waals surface area contributed by atoms with Crippen LogP contribution in [0.5, 0.6) is 0 Å². The van der Waals surface area contributed by atoms with Crippen LogP contribution in [-0.4, -0.2) is 23.4 Å². The number of hydrogen-bond acceptors (Lipinski definition) is 1. The number of para-hydroxylation sites is 1. The van der Waals surface area contributed by atoms with E-state index in [1.165, 1.54) is 12.8 Å². The van der Waals surface area contributed by atoms with Crippen LogP contribution in [0.15, 0.2) is 35.3 Å². The number of hydrogen-bond donors (Lipinski definition) is 1. The summed E-state index contributed by atoms with van der Waals surface area (Å²) in [6.45, 7) is 3.25. The topological polar surface area (TPSA) is 41.6 Å². The third kappa shape index (κ3) is 2.35. The molecular formula is C13H19N3. The number of aliphatic imine (C=N–C) groups is 1. The number of guanidine groups is 1. The molecule has 1 unspecified atom stereocenters. The minimum absolute atomic E-state index is 0.576. The van der Waals surface area contributed by atoms with Crippen LogP contribution in [0.2, 0.25) is 0 Å². The van der Waals surface area contributed by atoms with E-state index in [9.17, 15) is 0 Å². The summed E-state index contributed by atoms with van der Waals surface area (Å²) in [5.74, 6) is 0.663. The lowest BCUT2D eigenvalue weighted by Crippen LogP contribution is -2.40. The molecule has 0 aliphatic carbocycles. The average Bonchev–Trinajstić information content (AvgIpc) is 2.78. The molecule has 1 aliphatic rings. The van der Waals surface area contributed by atoms with E-state index in [2.05, 4.69) is 16.8 Å². The van der Waals surface area contributed by atoms with Crippen molar-refractivity contribution in [2.24, 2.45) is 10.7 Å². The second kappa shape index (κ2) is 5.01. The van der Waals surface area contributed by atoms with Gasteiger partial charge in [-0.25, -0.2) is 4.99 Å². The lowest BCUT2D eigenvalue weighted by Gasteiger charge is -2.24. The number of benzene rings is 1. The largest absolute Gasteiger partial charge is 0.369 e. The van der Waals surface area contributed by atoms with Crippen LogP contribution in [-0.2, 0) is 0 Å². The molecule has 1 heterocycles. The summed E-state index contributed by atoms with van der Waals surface area (Å²) >= 11 is 0. The Kier molecular flexibility index (Phi) is 3.44. The summed E-state index contributed by atoms with van der Waals surface area (Å²) in [6.07, 6.45) is 3.61. The smallest absolute Gasteiger partial charge is 0.196 e. The van der Waals surface area contributed by atoms with Crippen LogP contribution < -0.4 is 5.73 Å². The summed E-state index contributed by atoms with van der Waals surface area (Å²) in [7, 11) is 0. The molecule has 0 aromatic heterocycles. The van der Waals surface area contributed by atoms with Crippen LogP contribution >= 0.6 is 0 Å². The third-order valence-corrected chi connectivity index (χ3v) is 3.14. The summed E-state index contributed by atoms with van der Waals surface area (Å²) in [5, 5.41) is 0. The molecule has 1 aromatic rings. The van der Waals surface area contributed by atoms with Gasteiger partial charge in [0.05, 0.1) is 5.69 Å². The fourth-order valence-corrected chi connectivity index (χ4v) is 2.26. The molecule has 0 saturated carbocycles. The Morgan fingerprint density at radius 1 is 1.44 bits per heavy atom. The third-order valence-electron chi connectivity index (χ3n) is 3.14. The molecule has 1 saturated heterocycles. The molecule has 1 atom stereocenters. The van der Waals surface area contributed by atoms with E-state index in [1.54, 1.807) is 0 Å². The number of nitrogens with two attached hydrogens (primary N) is 1. The Morgan fingerprint density at radius 3 is 2.88 bits per heavy atom. The SMILES string of the molecule is CCC1CCCN1C(N)=Nc1ccccc1. The Labute approximate surface area is 97.0 Å². The number of nitrogens with zero attached hydrogens (tertiary/aromatic N) is 2. The van der Waals surface area contributed by atoms with Gasteiger partial charge < -0.3 is 10.6 Å². The van der Waals surface area contributed by atoms with E-state index < -0.39 is 0 Å². The second-order valence-corrected chi connectivity index (χ2v) is 4.20. The molecule has 16 heavy (non-hydrogen) atoms. The van der Waals surface area contributed by atoms with Crippen molar-refractivity contribution in [3.63, 3.8) is 0 Å². The van der Waals surface area contributed by atoms with Gasteiger partial charge in [0.1, 0.15) is 0 Å². The predicted octanol–water partition coefficient (Wildman–Crippen LogP) is 2.51. The second-order valence-electron chi connectivity index (χ2n) is 4.20. The van der Waals surface area contributed by atoms with Gasteiger partial charge in [-0.05, 0) is 31.4 Å². The van der Waals surface area contributed by atoms with Gasteiger partial charge in [-0.2, -0.15) is 0 Å². The van der Waals surface area contributed by atoms with Crippen LogP contribution in [0.3, 0.4) is 0 Å². The molecule has 3 heteroatoms. The highest BCUT2D eigenvalue weighted by atomic mass is 15.3. The summed E-state index contributed by atoms with van der Waals surface area (Å²) in [5.41, 5.74) is 6.99. The normalized spacial score (nSPS) is 21.4. The first-order valence-electron chi connectivity index (χ1n) is 5.97. The standard InChI is InChI=1S/C13H19N3/c1-2-12-9-6-10-16(12)13(14)15-11-7-4-3-5-8-11/h3-5,7-8,12H,2,6,9-10H2,1H3,(H2,14,15). The zero-order valence-electron chi connectivity index (χ0n) is 9.76. The lowest BCUT2D eigenvalue weighted by molar-refractivity contribution is 0.376. The highest BCUT2D eigenvalue weighted by molar-refractivity contribution is 5.81. The monoisotopic (exact) mass is 217 g/mol.